The molecule has 1 fully saturated rings. The summed E-state index contributed by atoms with van der Waals surface area (Å²) in [7, 11) is 0. The molecule has 1 saturated carbocycles. The van der Waals surface area contributed by atoms with Gasteiger partial charge in [0.15, 0.2) is 5.78 Å². The molecular formula is C21H24Cl2O4. The number of allylic oxidation sites excluding steroid dienone is 2. The van der Waals surface area contributed by atoms with Crippen LogP contribution in [0.4, 0.5) is 0 Å². The van der Waals surface area contributed by atoms with Crippen molar-refractivity contribution in [1.82, 2.24) is 0 Å². The van der Waals surface area contributed by atoms with Crippen LogP contribution in [0.15, 0.2) is 30.4 Å². The Morgan fingerprint density at radius 3 is 2.59 bits per heavy atom. The van der Waals surface area contributed by atoms with Gasteiger partial charge in [-0.05, 0) is 49.5 Å². The average Bonchev–Trinajstić information content (AvgIpc) is 2.95. The SMILES string of the molecule is O=C(O)CCCCCC[C@H]1C(=O)CC[C@@H]1/C=C/C(=O)c1ccc(Cl)cc1Cl. The molecule has 0 bridgehead atoms. The number of carboxylic acids is 1. The number of halogens is 2. The van der Waals surface area contributed by atoms with E-state index in [0.717, 1.165) is 32.1 Å². The van der Waals surface area contributed by atoms with Crippen molar-refractivity contribution >= 4 is 40.7 Å². The molecule has 1 aliphatic rings. The summed E-state index contributed by atoms with van der Waals surface area (Å²) in [4.78, 5) is 35.0. The van der Waals surface area contributed by atoms with Crippen molar-refractivity contribution in [2.75, 3.05) is 0 Å². The van der Waals surface area contributed by atoms with Gasteiger partial charge >= 0.3 is 5.97 Å². The zero-order valence-corrected chi connectivity index (χ0v) is 16.6. The zero-order chi connectivity index (χ0) is 19.8. The highest BCUT2D eigenvalue weighted by Gasteiger charge is 2.32. The van der Waals surface area contributed by atoms with Crippen molar-refractivity contribution < 1.29 is 19.5 Å². The maximum Gasteiger partial charge on any atom is 0.303 e. The van der Waals surface area contributed by atoms with E-state index in [1.807, 2.05) is 6.08 Å². The van der Waals surface area contributed by atoms with E-state index in [1.54, 1.807) is 12.1 Å². The Morgan fingerprint density at radius 2 is 1.89 bits per heavy atom. The molecule has 2 rings (SSSR count). The van der Waals surface area contributed by atoms with Gasteiger partial charge in [0, 0.05) is 29.3 Å². The lowest BCUT2D eigenvalue weighted by molar-refractivity contribution is -0.137. The molecule has 1 aromatic rings. The maximum absolute atomic E-state index is 12.4. The first-order valence-electron chi connectivity index (χ1n) is 9.30. The number of ketones is 2. The van der Waals surface area contributed by atoms with Crippen LogP contribution in [0.5, 0.6) is 0 Å². The second-order valence-corrected chi connectivity index (χ2v) is 7.81. The number of benzene rings is 1. The van der Waals surface area contributed by atoms with E-state index in [4.69, 9.17) is 28.3 Å². The molecule has 1 aliphatic carbocycles. The van der Waals surface area contributed by atoms with Gasteiger partial charge in [0.1, 0.15) is 5.78 Å². The molecular weight excluding hydrogens is 387 g/mol. The van der Waals surface area contributed by atoms with Crippen LogP contribution in [0, 0.1) is 11.8 Å². The second kappa shape index (κ2) is 10.6. The minimum Gasteiger partial charge on any atom is -0.481 e. The molecule has 0 aromatic heterocycles. The predicted molar refractivity (Wildman–Crippen MR) is 106 cm³/mol. The van der Waals surface area contributed by atoms with E-state index in [-0.39, 0.29) is 29.8 Å². The van der Waals surface area contributed by atoms with E-state index in [0.29, 0.717) is 28.5 Å². The first-order chi connectivity index (χ1) is 12.9. The van der Waals surface area contributed by atoms with Crippen LogP contribution in [0.1, 0.15) is 61.7 Å². The third kappa shape index (κ3) is 6.78. The van der Waals surface area contributed by atoms with Crippen molar-refractivity contribution in [2.24, 2.45) is 11.8 Å². The second-order valence-electron chi connectivity index (χ2n) is 6.97. The molecule has 0 spiro atoms. The summed E-state index contributed by atoms with van der Waals surface area (Å²) in [5.74, 6) is -0.673. The molecule has 0 heterocycles. The van der Waals surface area contributed by atoms with E-state index in [1.165, 1.54) is 12.1 Å². The minimum atomic E-state index is -0.767. The summed E-state index contributed by atoms with van der Waals surface area (Å²) < 4.78 is 0. The highest BCUT2D eigenvalue weighted by molar-refractivity contribution is 6.37. The Hall–Kier alpha value is -1.65. The quantitative estimate of drug-likeness (QED) is 0.302. The number of Topliss-reactive ketones (excluding diaryl/α,β-unsaturated/α-hetero) is 1. The molecule has 27 heavy (non-hydrogen) atoms. The number of hydrogen-bond donors (Lipinski definition) is 1. The Kier molecular flexibility index (Phi) is 8.52. The molecule has 0 amide bonds. The van der Waals surface area contributed by atoms with E-state index in [2.05, 4.69) is 0 Å². The topological polar surface area (TPSA) is 71.4 Å². The number of hydrogen-bond acceptors (Lipinski definition) is 3. The van der Waals surface area contributed by atoms with E-state index >= 15 is 0 Å². The number of unbranched alkanes of at least 4 members (excludes halogenated alkanes) is 3. The highest BCUT2D eigenvalue weighted by atomic mass is 35.5. The molecule has 0 radical (unpaired) electrons. The fourth-order valence-electron chi connectivity index (χ4n) is 3.52. The summed E-state index contributed by atoms with van der Waals surface area (Å²) in [5.41, 5.74) is 0.400. The number of carboxylic acid groups (broad SMARTS) is 1. The summed E-state index contributed by atoms with van der Waals surface area (Å²) in [6, 6.07) is 4.77. The van der Waals surface area contributed by atoms with Gasteiger partial charge < -0.3 is 5.11 Å². The monoisotopic (exact) mass is 410 g/mol. The molecule has 6 heteroatoms. The van der Waals surface area contributed by atoms with Crippen LogP contribution in [0.2, 0.25) is 10.0 Å². The molecule has 146 valence electrons. The Balaban J connectivity index is 1.86. The van der Waals surface area contributed by atoms with E-state index < -0.39 is 5.97 Å². The van der Waals surface area contributed by atoms with Crippen molar-refractivity contribution in [2.45, 2.75) is 51.4 Å². The maximum atomic E-state index is 12.4. The minimum absolute atomic E-state index is 0.0470. The Labute approximate surface area is 169 Å². The van der Waals surface area contributed by atoms with Crippen LogP contribution in [-0.2, 0) is 9.59 Å². The fraction of sp³-hybridized carbons (Fsp3) is 0.476. The third-order valence-corrected chi connectivity index (χ3v) is 5.55. The summed E-state index contributed by atoms with van der Waals surface area (Å²) >= 11 is 11.9. The van der Waals surface area contributed by atoms with Gasteiger partial charge in [-0.15, -0.1) is 0 Å². The van der Waals surface area contributed by atoms with Crippen molar-refractivity contribution in [3.8, 4) is 0 Å². The lowest BCUT2D eigenvalue weighted by atomic mass is 9.89. The van der Waals surface area contributed by atoms with Gasteiger partial charge in [0.05, 0.1) is 5.02 Å². The van der Waals surface area contributed by atoms with Crippen LogP contribution >= 0.6 is 23.2 Å². The summed E-state index contributed by atoms with van der Waals surface area (Å²) in [6.07, 6.45) is 9.01. The fourth-order valence-corrected chi connectivity index (χ4v) is 4.03. The van der Waals surface area contributed by atoms with Gasteiger partial charge in [-0.1, -0.05) is 48.5 Å². The van der Waals surface area contributed by atoms with Crippen LogP contribution in [-0.4, -0.2) is 22.6 Å². The average molecular weight is 411 g/mol. The van der Waals surface area contributed by atoms with Crippen molar-refractivity contribution in [3.05, 3.63) is 46.0 Å². The molecule has 1 aromatic carbocycles. The normalized spacial score (nSPS) is 19.7. The van der Waals surface area contributed by atoms with Crippen LogP contribution in [0.3, 0.4) is 0 Å². The van der Waals surface area contributed by atoms with Crippen LogP contribution in [0.25, 0.3) is 0 Å². The zero-order valence-electron chi connectivity index (χ0n) is 15.1. The van der Waals surface area contributed by atoms with Gasteiger partial charge in [0.2, 0.25) is 0 Å². The molecule has 0 unspecified atom stereocenters. The Morgan fingerprint density at radius 1 is 1.15 bits per heavy atom. The molecule has 2 atom stereocenters. The number of aliphatic carboxylic acids is 1. The van der Waals surface area contributed by atoms with E-state index in [9.17, 15) is 14.4 Å². The first kappa shape index (κ1) is 21.6. The molecule has 4 nitrogen and oxygen atoms in total. The van der Waals surface area contributed by atoms with Crippen molar-refractivity contribution in [1.29, 1.82) is 0 Å². The summed E-state index contributed by atoms with van der Waals surface area (Å²) in [6.45, 7) is 0. The van der Waals surface area contributed by atoms with Crippen LogP contribution < -0.4 is 0 Å². The molecule has 0 saturated heterocycles. The standard InChI is InChI=1S/C21H24Cl2O4/c22-15-9-10-17(18(23)13-15)20(25)12-8-14-7-11-19(24)16(14)5-3-1-2-4-6-21(26)27/h8-10,12-14,16H,1-7,11H2,(H,26,27)/b12-8+/t14-,16-/m1/s1. The summed E-state index contributed by atoms with van der Waals surface area (Å²) in [5, 5.41) is 9.43. The number of rotatable bonds is 10. The first-order valence-corrected chi connectivity index (χ1v) is 10.1. The molecule has 1 N–H and O–H groups in total. The third-order valence-electron chi connectivity index (χ3n) is 5.00. The van der Waals surface area contributed by atoms with Gasteiger partial charge in [-0.25, -0.2) is 0 Å². The lowest BCUT2D eigenvalue weighted by Crippen LogP contribution is -2.13. The van der Waals surface area contributed by atoms with Gasteiger partial charge in [-0.3, -0.25) is 14.4 Å². The largest absolute Gasteiger partial charge is 0.481 e. The van der Waals surface area contributed by atoms with Gasteiger partial charge in [0.25, 0.3) is 0 Å². The lowest BCUT2D eigenvalue weighted by Gasteiger charge is -2.14. The smallest absolute Gasteiger partial charge is 0.303 e. The highest BCUT2D eigenvalue weighted by Crippen LogP contribution is 2.34. The van der Waals surface area contributed by atoms with Gasteiger partial charge in [-0.2, -0.15) is 0 Å². The number of carbonyl (C=O) groups is 3. The molecule has 0 aliphatic heterocycles. The number of carbonyl (C=O) groups excluding carboxylic acids is 2. The van der Waals surface area contributed by atoms with Crippen molar-refractivity contribution in [3.63, 3.8) is 0 Å². The Bertz CT molecular complexity index is 727. The predicted octanol–water partition coefficient (Wildman–Crippen LogP) is 5.75.